The third-order valence-corrected chi connectivity index (χ3v) is 3.40. The van der Waals surface area contributed by atoms with E-state index < -0.39 is 0 Å². The fourth-order valence-corrected chi connectivity index (χ4v) is 1.95. The second kappa shape index (κ2) is 8.69. The van der Waals surface area contributed by atoms with Crippen molar-refractivity contribution in [3.05, 3.63) is 35.6 Å². The maximum atomic E-state index is 12.8. The first-order valence-electron chi connectivity index (χ1n) is 6.83. The van der Waals surface area contributed by atoms with Crippen molar-refractivity contribution in [2.24, 2.45) is 5.73 Å². The highest BCUT2D eigenvalue weighted by Gasteiger charge is 2.10. The highest BCUT2D eigenvalue weighted by Crippen LogP contribution is 2.06. The molecule has 0 bridgehead atoms. The zero-order valence-corrected chi connectivity index (χ0v) is 13.3. The minimum Gasteiger partial charge on any atom is -0.393 e. The Hall–Kier alpha value is -1.53. The van der Waals surface area contributed by atoms with Gasteiger partial charge in [0.05, 0.1) is 4.99 Å². The van der Waals surface area contributed by atoms with Gasteiger partial charge in [0.2, 0.25) is 5.91 Å². The quantitative estimate of drug-likeness (QED) is 0.744. The molecule has 0 saturated carbocycles. The predicted octanol–water partition coefficient (Wildman–Crippen LogP) is 1.78. The number of thiocarbonyl (C=S) groups is 1. The average molecular weight is 311 g/mol. The summed E-state index contributed by atoms with van der Waals surface area (Å²) in [5.41, 5.74) is 6.44. The van der Waals surface area contributed by atoms with Crippen LogP contribution in [-0.4, -0.2) is 47.9 Å². The van der Waals surface area contributed by atoms with Crippen molar-refractivity contribution >= 4 is 23.1 Å². The van der Waals surface area contributed by atoms with Crippen LogP contribution in [0.5, 0.6) is 0 Å². The highest BCUT2D eigenvalue weighted by atomic mass is 32.1. The smallest absolute Gasteiger partial charge is 0.223 e. The molecule has 0 unspecified atom stereocenters. The first-order chi connectivity index (χ1) is 9.88. The molecule has 0 aliphatic rings. The molecule has 1 amide bonds. The van der Waals surface area contributed by atoms with Gasteiger partial charge in [0.25, 0.3) is 0 Å². The molecule has 0 fully saturated rings. The molecular formula is C15H22FN3OS. The summed E-state index contributed by atoms with van der Waals surface area (Å²) >= 11 is 4.79. The lowest BCUT2D eigenvalue weighted by Gasteiger charge is -2.20. The van der Waals surface area contributed by atoms with E-state index in [4.69, 9.17) is 18.0 Å². The molecule has 0 saturated heterocycles. The van der Waals surface area contributed by atoms with E-state index in [0.29, 0.717) is 37.5 Å². The van der Waals surface area contributed by atoms with Crippen molar-refractivity contribution in [2.45, 2.75) is 19.4 Å². The number of nitrogens with zero attached hydrogens (tertiary/aromatic N) is 2. The van der Waals surface area contributed by atoms with Gasteiger partial charge in [0, 0.05) is 39.5 Å². The van der Waals surface area contributed by atoms with Gasteiger partial charge in [-0.25, -0.2) is 4.39 Å². The molecule has 6 heteroatoms. The Morgan fingerprint density at radius 1 is 1.19 bits per heavy atom. The molecule has 1 aromatic rings. The summed E-state index contributed by atoms with van der Waals surface area (Å²) < 4.78 is 12.8. The van der Waals surface area contributed by atoms with Crippen LogP contribution in [0, 0.1) is 5.82 Å². The van der Waals surface area contributed by atoms with E-state index in [1.54, 1.807) is 24.1 Å². The minimum atomic E-state index is -0.240. The third-order valence-electron chi connectivity index (χ3n) is 3.19. The Morgan fingerprint density at radius 3 is 2.38 bits per heavy atom. The molecule has 116 valence electrons. The second-order valence-electron chi connectivity index (χ2n) is 5.15. The Morgan fingerprint density at radius 2 is 1.81 bits per heavy atom. The fourth-order valence-electron chi connectivity index (χ4n) is 1.86. The van der Waals surface area contributed by atoms with Crippen LogP contribution in [0.3, 0.4) is 0 Å². The van der Waals surface area contributed by atoms with Crippen LogP contribution in [0.25, 0.3) is 0 Å². The van der Waals surface area contributed by atoms with E-state index in [2.05, 4.69) is 0 Å². The molecule has 1 rings (SSSR count). The number of carbonyl (C=O) groups excluding carboxylic acids is 1. The average Bonchev–Trinajstić information content (AvgIpc) is 2.44. The molecule has 0 aromatic heterocycles. The van der Waals surface area contributed by atoms with Crippen molar-refractivity contribution in [2.75, 3.05) is 27.2 Å². The Balaban J connectivity index is 2.31. The maximum Gasteiger partial charge on any atom is 0.223 e. The van der Waals surface area contributed by atoms with Gasteiger partial charge in [-0.15, -0.1) is 0 Å². The standard InChI is InChI=1S/C15H22FN3OS/c1-18(11-12-3-5-13(16)6-4-12)9-8-15(20)19(2)10-7-14(17)21/h3-6H,7-11H2,1-2H3,(H2,17,21). The van der Waals surface area contributed by atoms with Gasteiger partial charge in [-0.1, -0.05) is 24.4 Å². The van der Waals surface area contributed by atoms with Crippen LogP contribution in [-0.2, 0) is 11.3 Å². The van der Waals surface area contributed by atoms with Crippen molar-refractivity contribution in [3.63, 3.8) is 0 Å². The zero-order chi connectivity index (χ0) is 15.8. The summed E-state index contributed by atoms with van der Waals surface area (Å²) in [6, 6.07) is 6.39. The van der Waals surface area contributed by atoms with Crippen molar-refractivity contribution < 1.29 is 9.18 Å². The fraction of sp³-hybridized carbons (Fsp3) is 0.467. The van der Waals surface area contributed by atoms with E-state index in [1.807, 2.05) is 11.9 Å². The number of amides is 1. The molecule has 1 aromatic carbocycles. The number of halogens is 1. The van der Waals surface area contributed by atoms with Crippen LogP contribution in [0.4, 0.5) is 4.39 Å². The van der Waals surface area contributed by atoms with Crippen molar-refractivity contribution in [1.29, 1.82) is 0 Å². The van der Waals surface area contributed by atoms with Gasteiger partial charge in [0.1, 0.15) is 5.82 Å². The van der Waals surface area contributed by atoms with Crippen LogP contribution >= 0.6 is 12.2 Å². The Bertz CT molecular complexity index is 478. The molecule has 4 nitrogen and oxygen atoms in total. The molecular weight excluding hydrogens is 289 g/mol. The number of nitrogens with two attached hydrogens (primary N) is 1. The molecule has 21 heavy (non-hydrogen) atoms. The van der Waals surface area contributed by atoms with E-state index in [1.165, 1.54) is 12.1 Å². The van der Waals surface area contributed by atoms with Gasteiger partial charge in [-0.05, 0) is 24.7 Å². The monoisotopic (exact) mass is 311 g/mol. The number of hydrogen-bond acceptors (Lipinski definition) is 3. The van der Waals surface area contributed by atoms with Crippen molar-refractivity contribution in [3.8, 4) is 0 Å². The van der Waals surface area contributed by atoms with Crippen LogP contribution in [0.15, 0.2) is 24.3 Å². The Labute approximate surface area is 130 Å². The molecule has 0 spiro atoms. The molecule has 0 aliphatic heterocycles. The predicted molar refractivity (Wildman–Crippen MR) is 86.4 cm³/mol. The number of benzene rings is 1. The normalized spacial score (nSPS) is 10.7. The second-order valence-corrected chi connectivity index (χ2v) is 5.67. The summed E-state index contributed by atoms with van der Waals surface area (Å²) in [5, 5.41) is 0. The summed E-state index contributed by atoms with van der Waals surface area (Å²) in [4.78, 5) is 16.0. The van der Waals surface area contributed by atoms with E-state index >= 15 is 0 Å². The van der Waals surface area contributed by atoms with Gasteiger partial charge >= 0.3 is 0 Å². The third kappa shape index (κ3) is 7.15. The lowest BCUT2D eigenvalue weighted by atomic mass is 10.2. The number of carbonyl (C=O) groups is 1. The lowest BCUT2D eigenvalue weighted by molar-refractivity contribution is -0.130. The summed E-state index contributed by atoms with van der Waals surface area (Å²) in [6.07, 6.45) is 0.981. The van der Waals surface area contributed by atoms with Crippen LogP contribution in [0.2, 0.25) is 0 Å². The van der Waals surface area contributed by atoms with Crippen molar-refractivity contribution in [1.82, 2.24) is 9.80 Å². The van der Waals surface area contributed by atoms with Crippen LogP contribution < -0.4 is 5.73 Å². The topological polar surface area (TPSA) is 49.6 Å². The Kier molecular flexibility index (Phi) is 7.25. The number of hydrogen-bond donors (Lipinski definition) is 1. The highest BCUT2D eigenvalue weighted by molar-refractivity contribution is 7.80. The first kappa shape index (κ1) is 17.5. The van der Waals surface area contributed by atoms with Crippen LogP contribution in [0.1, 0.15) is 18.4 Å². The molecule has 0 aliphatic carbocycles. The summed E-state index contributed by atoms with van der Waals surface area (Å²) in [7, 11) is 3.69. The number of rotatable bonds is 8. The molecule has 2 N–H and O–H groups in total. The SMILES string of the molecule is CN(CCC(=O)N(C)CCC(N)=S)Cc1ccc(F)cc1. The minimum absolute atomic E-state index is 0.0669. The van der Waals surface area contributed by atoms with Gasteiger partial charge in [-0.2, -0.15) is 0 Å². The largest absolute Gasteiger partial charge is 0.393 e. The summed E-state index contributed by atoms with van der Waals surface area (Å²) in [5.74, 6) is -0.173. The summed E-state index contributed by atoms with van der Waals surface area (Å²) in [6.45, 7) is 1.88. The van der Waals surface area contributed by atoms with E-state index in [9.17, 15) is 9.18 Å². The zero-order valence-electron chi connectivity index (χ0n) is 12.5. The van der Waals surface area contributed by atoms with Gasteiger partial charge < -0.3 is 15.5 Å². The molecule has 0 radical (unpaired) electrons. The molecule has 0 atom stereocenters. The maximum absolute atomic E-state index is 12.8. The first-order valence-corrected chi connectivity index (χ1v) is 7.24. The van der Waals surface area contributed by atoms with Gasteiger partial charge in [-0.3, -0.25) is 4.79 Å². The molecule has 0 heterocycles. The van der Waals surface area contributed by atoms with E-state index in [0.717, 1.165) is 5.56 Å². The van der Waals surface area contributed by atoms with Gasteiger partial charge in [0.15, 0.2) is 0 Å². The van der Waals surface area contributed by atoms with E-state index in [-0.39, 0.29) is 11.7 Å². The lowest BCUT2D eigenvalue weighted by Crippen LogP contribution is -2.32.